The molecule has 29 heavy (non-hydrogen) atoms. The lowest BCUT2D eigenvalue weighted by molar-refractivity contribution is 0.0761. The van der Waals surface area contributed by atoms with E-state index in [1.807, 2.05) is 10.7 Å². The molecule has 2 heterocycles. The molecule has 0 aliphatic carbocycles. The van der Waals surface area contributed by atoms with Crippen molar-refractivity contribution in [1.82, 2.24) is 24.8 Å². The Hall–Kier alpha value is -2.45. The number of benzene rings is 1. The van der Waals surface area contributed by atoms with Gasteiger partial charge in [-0.1, -0.05) is 11.3 Å². The van der Waals surface area contributed by atoms with Crippen molar-refractivity contribution in [2.24, 2.45) is 0 Å². The van der Waals surface area contributed by atoms with Gasteiger partial charge in [-0.3, -0.25) is 9.69 Å². The monoisotopic (exact) mass is 401 g/mol. The zero-order valence-corrected chi connectivity index (χ0v) is 17.8. The lowest BCUT2D eigenvalue weighted by Gasteiger charge is -2.33. The molecule has 1 aromatic carbocycles. The maximum absolute atomic E-state index is 12.3. The average Bonchev–Trinajstić information content (AvgIpc) is 3.22. The van der Waals surface area contributed by atoms with E-state index in [4.69, 9.17) is 9.84 Å². The van der Waals surface area contributed by atoms with Gasteiger partial charge in [0.15, 0.2) is 5.69 Å². The van der Waals surface area contributed by atoms with E-state index in [9.17, 15) is 4.79 Å². The van der Waals surface area contributed by atoms with Crippen LogP contribution >= 0.6 is 0 Å². The number of methoxy groups -OCH3 is 1. The number of nitrogens with zero attached hydrogens (tertiary/aromatic N) is 5. The first-order valence-electron chi connectivity index (χ1n) is 10.1. The first-order valence-corrected chi connectivity index (χ1v) is 10.1. The molecule has 0 radical (unpaired) electrons. The zero-order chi connectivity index (χ0) is 21.0. The highest BCUT2D eigenvalue weighted by Crippen LogP contribution is 2.27. The van der Waals surface area contributed by atoms with Crippen molar-refractivity contribution in [1.29, 1.82) is 0 Å². The quantitative estimate of drug-likeness (QED) is 0.762. The maximum Gasteiger partial charge on any atom is 0.275 e. The smallest absolute Gasteiger partial charge is 0.275 e. The van der Waals surface area contributed by atoms with Crippen LogP contribution in [0.4, 0.5) is 0 Å². The fraction of sp³-hybridized carbons (Fsp3) is 0.571. The number of piperidine rings is 1. The van der Waals surface area contributed by atoms with Crippen molar-refractivity contribution in [3.63, 3.8) is 0 Å². The first-order chi connectivity index (χ1) is 13.9. The number of aromatic nitrogens is 3. The van der Waals surface area contributed by atoms with Crippen molar-refractivity contribution in [2.45, 2.75) is 39.3 Å². The third-order valence-corrected chi connectivity index (χ3v) is 5.83. The number of aliphatic hydroxyl groups is 1. The predicted molar refractivity (Wildman–Crippen MR) is 110 cm³/mol. The Balaban J connectivity index is 1.67. The second-order valence-electron chi connectivity index (χ2n) is 7.74. The molecule has 3 rings (SSSR count). The van der Waals surface area contributed by atoms with E-state index in [0.29, 0.717) is 5.69 Å². The summed E-state index contributed by atoms with van der Waals surface area (Å²) in [5, 5.41) is 17.3. The van der Waals surface area contributed by atoms with Gasteiger partial charge in [0.1, 0.15) is 5.75 Å². The Bertz CT molecular complexity index is 851. The molecule has 8 nitrogen and oxygen atoms in total. The summed E-state index contributed by atoms with van der Waals surface area (Å²) in [7, 11) is 3.36. The molecule has 1 N–H and O–H groups in total. The zero-order valence-electron chi connectivity index (χ0n) is 17.8. The Morgan fingerprint density at radius 3 is 2.86 bits per heavy atom. The third-order valence-electron chi connectivity index (χ3n) is 5.83. The molecule has 0 unspecified atom stereocenters. The predicted octanol–water partition coefficient (Wildman–Crippen LogP) is 1.80. The number of likely N-dealkylation sites (N-methyl/N-ethyl adjacent to an activating group) is 1. The van der Waals surface area contributed by atoms with E-state index in [2.05, 4.69) is 35.1 Å². The minimum atomic E-state index is -0.220. The number of ether oxygens (including phenoxy) is 1. The number of amides is 1. The van der Waals surface area contributed by atoms with Gasteiger partial charge in [0.2, 0.25) is 0 Å². The van der Waals surface area contributed by atoms with Crippen LogP contribution in [0.25, 0.3) is 0 Å². The molecule has 0 saturated carbocycles. The van der Waals surface area contributed by atoms with Gasteiger partial charge < -0.3 is 14.7 Å². The molecular weight excluding hydrogens is 370 g/mol. The highest BCUT2D eigenvalue weighted by atomic mass is 16.5. The van der Waals surface area contributed by atoms with Gasteiger partial charge >= 0.3 is 0 Å². The van der Waals surface area contributed by atoms with Gasteiger partial charge in [-0.15, -0.1) is 5.10 Å². The number of likely N-dealkylation sites (tertiary alicyclic amines) is 1. The molecule has 1 fully saturated rings. The SMILES string of the molecule is COc1ccc(CN2CCC[C@H](n3cc(C(=O)N(C)CCO)nn3)C2)c(C)c1C. The number of aliphatic hydroxyl groups excluding tert-OH is 1. The standard InChI is InChI=1S/C21H31N5O3/c1-15-16(2)20(29-4)8-7-17(15)12-25-9-5-6-18(13-25)26-14-19(22-23-26)21(28)24(3)10-11-27/h7-8,14,18,27H,5-6,9-13H2,1-4H3/t18-/m0/s1. The molecule has 158 valence electrons. The van der Waals surface area contributed by atoms with Gasteiger partial charge in [0.05, 0.1) is 26.0 Å². The van der Waals surface area contributed by atoms with Crippen LogP contribution in [0, 0.1) is 13.8 Å². The highest BCUT2D eigenvalue weighted by Gasteiger charge is 2.24. The van der Waals surface area contributed by atoms with Crippen LogP contribution in [0.1, 0.15) is 46.1 Å². The van der Waals surface area contributed by atoms with E-state index >= 15 is 0 Å². The minimum absolute atomic E-state index is 0.0712. The minimum Gasteiger partial charge on any atom is -0.496 e. The van der Waals surface area contributed by atoms with Crippen LogP contribution in [0.15, 0.2) is 18.3 Å². The van der Waals surface area contributed by atoms with Gasteiger partial charge in [-0.05, 0) is 56.0 Å². The van der Waals surface area contributed by atoms with Gasteiger partial charge in [0, 0.05) is 26.7 Å². The fourth-order valence-electron chi connectivity index (χ4n) is 3.88. The largest absolute Gasteiger partial charge is 0.496 e. The Labute approximate surface area is 172 Å². The Morgan fingerprint density at radius 1 is 1.34 bits per heavy atom. The summed E-state index contributed by atoms with van der Waals surface area (Å²) in [6.07, 6.45) is 3.82. The van der Waals surface area contributed by atoms with E-state index in [0.717, 1.165) is 38.2 Å². The van der Waals surface area contributed by atoms with Crippen LogP contribution in [0.3, 0.4) is 0 Å². The normalized spacial score (nSPS) is 17.3. The maximum atomic E-state index is 12.3. The first kappa shape index (κ1) is 21.3. The summed E-state index contributed by atoms with van der Waals surface area (Å²) in [5.41, 5.74) is 4.08. The molecule has 1 amide bonds. The topological polar surface area (TPSA) is 83.7 Å². The summed E-state index contributed by atoms with van der Waals surface area (Å²) >= 11 is 0. The molecule has 0 bridgehead atoms. The van der Waals surface area contributed by atoms with Crippen molar-refractivity contribution in [3.8, 4) is 5.75 Å². The lowest BCUT2D eigenvalue weighted by atomic mass is 10.00. The van der Waals surface area contributed by atoms with Crippen molar-refractivity contribution in [3.05, 3.63) is 40.7 Å². The van der Waals surface area contributed by atoms with E-state index in [1.54, 1.807) is 20.4 Å². The van der Waals surface area contributed by atoms with Crippen LogP contribution in [0.5, 0.6) is 5.75 Å². The van der Waals surface area contributed by atoms with Gasteiger partial charge in [-0.25, -0.2) is 4.68 Å². The Kier molecular flexibility index (Phi) is 6.87. The van der Waals surface area contributed by atoms with E-state index in [1.165, 1.54) is 21.6 Å². The van der Waals surface area contributed by atoms with Crippen molar-refractivity contribution in [2.75, 3.05) is 40.4 Å². The third kappa shape index (κ3) is 4.76. The second-order valence-corrected chi connectivity index (χ2v) is 7.74. The summed E-state index contributed by atoms with van der Waals surface area (Å²) < 4.78 is 7.24. The number of carbonyl (C=O) groups is 1. The summed E-state index contributed by atoms with van der Waals surface area (Å²) in [6, 6.07) is 4.38. The van der Waals surface area contributed by atoms with E-state index in [-0.39, 0.29) is 25.1 Å². The molecule has 1 atom stereocenters. The number of hydrogen-bond donors (Lipinski definition) is 1. The summed E-state index contributed by atoms with van der Waals surface area (Å²) in [4.78, 5) is 16.2. The second kappa shape index (κ2) is 9.37. The van der Waals surface area contributed by atoms with Crippen molar-refractivity contribution >= 4 is 5.91 Å². The van der Waals surface area contributed by atoms with Crippen LogP contribution in [0.2, 0.25) is 0 Å². The highest BCUT2D eigenvalue weighted by molar-refractivity contribution is 5.91. The van der Waals surface area contributed by atoms with Crippen LogP contribution in [-0.4, -0.2) is 76.2 Å². The average molecular weight is 402 g/mol. The summed E-state index contributed by atoms with van der Waals surface area (Å²) in [6.45, 7) is 7.24. The fourth-order valence-corrected chi connectivity index (χ4v) is 3.88. The molecule has 1 aromatic heterocycles. The molecule has 1 aliphatic rings. The molecule has 1 aliphatic heterocycles. The van der Waals surface area contributed by atoms with Gasteiger partial charge in [0.25, 0.3) is 5.91 Å². The number of hydrogen-bond acceptors (Lipinski definition) is 6. The van der Waals surface area contributed by atoms with E-state index < -0.39 is 0 Å². The molecule has 8 heteroatoms. The molecular formula is C21H31N5O3. The number of carbonyl (C=O) groups excluding carboxylic acids is 1. The number of rotatable bonds is 7. The Morgan fingerprint density at radius 2 is 2.14 bits per heavy atom. The van der Waals surface area contributed by atoms with Gasteiger partial charge in [-0.2, -0.15) is 0 Å². The van der Waals surface area contributed by atoms with Crippen molar-refractivity contribution < 1.29 is 14.6 Å². The lowest BCUT2D eigenvalue weighted by Crippen LogP contribution is -2.36. The van der Waals surface area contributed by atoms with Crippen LogP contribution in [-0.2, 0) is 6.54 Å². The molecule has 0 spiro atoms. The summed E-state index contributed by atoms with van der Waals surface area (Å²) in [5.74, 6) is 0.705. The molecule has 2 aromatic rings. The van der Waals surface area contributed by atoms with Crippen LogP contribution < -0.4 is 4.74 Å². The molecule has 1 saturated heterocycles.